The Labute approximate surface area is 132 Å². The summed E-state index contributed by atoms with van der Waals surface area (Å²) in [6.45, 7) is 5.05. The van der Waals surface area contributed by atoms with Crippen molar-refractivity contribution >= 4 is 10.9 Å². The number of aromatic amines is 1. The Balaban J connectivity index is 1.73. The summed E-state index contributed by atoms with van der Waals surface area (Å²) in [5.41, 5.74) is 3.92. The highest BCUT2D eigenvalue weighted by molar-refractivity contribution is 5.84. The summed E-state index contributed by atoms with van der Waals surface area (Å²) in [6, 6.07) is 9.05. The second-order valence-corrected chi connectivity index (χ2v) is 7.00. The summed E-state index contributed by atoms with van der Waals surface area (Å²) in [5.74, 6) is 1.77. The van der Waals surface area contributed by atoms with Gasteiger partial charge in [0.25, 0.3) is 0 Å². The molecule has 3 aliphatic rings. The lowest BCUT2D eigenvalue weighted by Gasteiger charge is -2.50. The molecule has 1 unspecified atom stereocenters. The number of aliphatic hydroxyl groups is 1. The van der Waals surface area contributed by atoms with Crippen molar-refractivity contribution in [2.24, 2.45) is 11.8 Å². The summed E-state index contributed by atoms with van der Waals surface area (Å²) in [7, 11) is 0. The number of rotatable bonds is 4. The molecule has 3 aliphatic heterocycles. The molecule has 5 rings (SSSR count). The Morgan fingerprint density at radius 3 is 2.91 bits per heavy atom. The van der Waals surface area contributed by atoms with E-state index < -0.39 is 0 Å². The van der Waals surface area contributed by atoms with Crippen LogP contribution >= 0.6 is 0 Å². The minimum Gasteiger partial charge on any atom is -0.396 e. The van der Waals surface area contributed by atoms with Crippen molar-refractivity contribution in [3.8, 4) is 0 Å². The number of benzene rings is 1. The minimum absolute atomic E-state index is 0.225. The molecule has 3 fully saturated rings. The summed E-state index contributed by atoms with van der Waals surface area (Å²) >= 11 is 0. The second kappa shape index (κ2) is 5.71. The number of hydrogen-bond acceptors (Lipinski definition) is 2. The number of aromatic nitrogens is 1. The van der Waals surface area contributed by atoms with E-state index in [4.69, 9.17) is 0 Å². The largest absolute Gasteiger partial charge is 0.396 e. The summed E-state index contributed by atoms with van der Waals surface area (Å²) in [6.07, 6.45) is 4.71. The fourth-order valence-electron chi connectivity index (χ4n) is 4.79. The fourth-order valence-corrected chi connectivity index (χ4v) is 4.79. The fraction of sp³-hybridized carbons (Fsp3) is 0.579. The van der Waals surface area contributed by atoms with Crippen LogP contribution in [0.4, 0.5) is 0 Å². The van der Waals surface area contributed by atoms with Crippen molar-refractivity contribution in [3.63, 3.8) is 0 Å². The quantitative estimate of drug-likeness (QED) is 0.907. The van der Waals surface area contributed by atoms with Gasteiger partial charge in [-0.15, -0.1) is 0 Å². The molecular weight excluding hydrogens is 272 g/mol. The number of fused-ring (bicyclic) bond motifs is 4. The average molecular weight is 298 g/mol. The molecule has 1 aromatic carbocycles. The van der Waals surface area contributed by atoms with E-state index in [9.17, 15) is 5.11 Å². The van der Waals surface area contributed by atoms with Crippen LogP contribution in [0.25, 0.3) is 10.9 Å². The highest BCUT2D eigenvalue weighted by atomic mass is 16.2. The summed E-state index contributed by atoms with van der Waals surface area (Å²) in [5, 5.41) is 10.8. The number of hydrogen-bond donors (Lipinski definition) is 2. The smallest absolute Gasteiger partial charge is 0.0504 e. The Kier molecular flexibility index (Phi) is 3.71. The van der Waals surface area contributed by atoms with Crippen LogP contribution in [0, 0.1) is 11.8 Å². The first-order chi connectivity index (χ1) is 10.8. The Morgan fingerprint density at radius 2 is 2.18 bits per heavy atom. The van der Waals surface area contributed by atoms with Crippen molar-refractivity contribution in [3.05, 3.63) is 35.5 Å². The number of aliphatic hydroxyl groups excluding tert-OH is 1. The van der Waals surface area contributed by atoms with Gasteiger partial charge in [0, 0.05) is 29.7 Å². The number of piperidine rings is 3. The average Bonchev–Trinajstić information content (AvgIpc) is 2.94. The molecule has 0 spiro atoms. The molecule has 2 aromatic rings. The molecule has 1 aromatic heterocycles. The molecule has 118 valence electrons. The molecule has 0 amide bonds. The van der Waals surface area contributed by atoms with Gasteiger partial charge in [-0.25, -0.2) is 0 Å². The van der Waals surface area contributed by atoms with Gasteiger partial charge in [-0.3, -0.25) is 4.90 Å². The number of nitrogens with one attached hydrogen (secondary N) is 1. The second-order valence-electron chi connectivity index (χ2n) is 7.00. The minimum atomic E-state index is 0.225. The summed E-state index contributed by atoms with van der Waals surface area (Å²) < 4.78 is 0. The van der Waals surface area contributed by atoms with Crippen molar-refractivity contribution in [2.75, 3.05) is 19.7 Å². The van der Waals surface area contributed by atoms with Crippen LogP contribution in [0.15, 0.2) is 24.3 Å². The number of nitrogens with zero attached hydrogens (tertiary/aromatic N) is 1. The Bertz CT molecular complexity index is 662. The number of para-hydroxylation sites is 1. The van der Waals surface area contributed by atoms with Crippen molar-refractivity contribution < 1.29 is 5.11 Å². The van der Waals surface area contributed by atoms with Crippen LogP contribution in [0.1, 0.15) is 43.5 Å². The predicted octanol–water partition coefficient (Wildman–Crippen LogP) is 3.50. The molecule has 3 saturated heterocycles. The van der Waals surface area contributed by atoms with E-state index in [1.807, 2.05) is 0 Å². The third-order valence-corrected chi connectivity index (χ3v) is 5.96. The molecule has 2 N–H and O–H groups in total. The molecule has 0 aliphatic carbocycles. The highest BCUT2D eigenvalue weighted by Gasteiger charge is 2.41. The number of H-pyrrole nitrogens is 1. The van der Waals surface area contributed by atoms with E-state index in [1.165, 1.54) is 54.5 Å². The van der Waals surface area contributed by atoms with Crippen molar-refractivity contribution in [1.29, 1.82) is 0 Å². The first-order valence-corrected chi connectivity index (χ1v) is 8.76. The van der Waals surface area contributed by atoms with Crippen LogP contribution < -0.4 is 0 Å². The molecule has 22 heavy (non-hydrogen) atoms. The van der Waals surface area contributed by atoms with Gasteiger partial charge in [0.2, 0.25) is 0 Å². The van der Waals surface area contributed by atoms with Gasteiger partial charge in [0.1, 0.15) is 0 Å². The normalized spacial score (nSPS) is 31.0. The van der Waals surface area contributed by atoms with Crippen LogP contribution in [0.5, 0.6) is 0 Å². The van der Waals surface area contributed by atoms with Gasteiger partial charge < -0.3 is 10.1 Å². The molecule has 4 atom stereocenters. The molecule has 0 radical (unpaired) electrons. The molecule has 0 saturated carbocycles. The van der Waals surface area contributed by atoms with Crippen molar-refractivity contribution in [1.82, 2.24) is 9.88 Å². The third kappa shape index (κ3) is 2.19. The SMILES string of the molecule is CC[C@H]1CN2CC[C@H]1C[C@H]2c1[nH]c2ccccc2c1CCO. The van der Waals surface area contributed by atoms with Gasteiger partial charge in [0.05, 0.1) is 6.04 Å². The monoisotopic (exact) mass is 298 g/mol. The van der Waals surface area contributed by atoms with Gasteiger partial charge in [-0.2, -0.15) is 0 Å². The van der Waals surface area contributed by atoms with E-state index in [0.717, 1.165) is 18.3 Å². The molecule has 4 heterocycles. The van der Waals surface area contributed by atoms with Crippen LogP contribution in [-0.4, -0.2) is 34.7 Å². The van der Waals surface area contributed by atoms with Crippen LogP contribution in [0.3, 0.4) is 0 Å². The van der Waals surface area contributed by atoms with Crippen LogP contribution in [-0.2, 0) is 6.42 Å². The van der Waals surface area contributed by atoms with E-state index in [-0.39, 0.29) is 6.61 Å². The van der Waals surface area contributed by atoms with Gasteiger partial charge in [0.15, 0.2) is 0 Å². The van der Waals surface area contributed by atoms with E-state index in [0.29, 0.717) is 6.04 Å². The van der Waals surface area contributed by atoms with E-state index in [2.05, 4.69) is 41.1 Å². The van der Waals surface area contributed by atoms with E-state index >= 15 is 0 Å². The topological polar surface area (TPSA) is 39.3 Å². The van der Waals surface area contributed by atoms with Crippen LogP contribution in [0.2, 0.25) is 0 Å². The maximum Gasteiger partial charge on any atom is 0.0504 e. The van der Waals surface area contributed by atoms with Gasteiger partial charge in [-0.05, 0) is 49.3 Å². The third-order valence-electron chi connectivity index (χ3n) is 5.96. The zero-order valence-electron chi connectivity index (χ0n) is 13.4. The molecular formula is C19H26N2O. The lowest BCUT2D eigenvalue weighted by molar-refractivity contribution is -0.00300. The zero-order valence-corrected chi connectivity index (χ0v) is 13.4. The molecule has 3 heteroatoms. The van der Waals surface area contributed by atoms with Gasteiger partial charge >= 0.3 is 0 Å². The lowest BCUT2D eigenvalue weighted by Crippen LogP contribution is -2.49. The lowest BCUT2D eigenvalue weighted by atomic mass is 9.73. The standard InChI is InChI=1S/C19H26N2O/c1-2-13-12-21-9-7-14(13)11-18(21)19-16(8-10-22)15-5-3-4-6-17(15)20-19/h3-6,13-14,18,20,22H,2,7-12H2,1H3/t13-,14-,18-/m0/s1. The highest BCUT2D eigenvalue weighted by Crippen LogP contribution is 2.45. The first-order valence-electron chi connectivity index (χ1n) is 8.76. The summed E-state index contributed by atoms with van der Waals surface area (Å²) in [4.78, 5) is 6.36. The maximum absolute atomic E-state index is 9.50. The molecule has 2 bridgehead atoms. The molecule has 3 nitrogen and oxygen atoms in total. The Morgan fingerprint density at radius 1 is 1.32 bits per heavy atom. The van der Waals surface area contributed by atoms with Crippen molar-refractivity contribution in [2.45, 2.75) is 38.6 Å². The zero-order chi connectivity index (χ0) is 15.1. The van der Waals surface area contributed by atoms with Gasteiger partial charge in [-0.1, -0.05) is 31.5 Å². The first kappa shape index (κ1) is 14.3. The van der Waals surface area contributed by atoms with E-state index in [1.54, 1.807) is 0 Å². The predicted molar refractivity (Wildman–Crippen MR) is 89.9 cm³/mol. The Hall–Kier alpha value is -1.32. The maximum atomic E-state index is 9.50.